The van der Waals surface area contributed by atoms with E-state index in [1.54, 1.807) is 15.3 Å². The normalized spacial score (nSPS) is 11.4. The number of ether oxygens (including phenoxy) is 1. The van der Waals surface area contributed by atoms with Gasteiger partial charge in [0.15, 0.2) is 0 Å². The molecule has 3 rings (SSSR count). The third-order valence-corrected chi connectivity index (χ3v) is 4.41. The van der Waals surface area contributed by atoms with Crippen molar-refractivity contribution in [2.75, 3.05) is 6.61 Å². The summed E-state index contributed by atoms with van der Waals surface area (Å²) in [7, 11) is 0. The number of fused-ring (bicyclic) bond motifs is 1. The molecule has 0 saturated carbocycles. The molecule has 0 atom stereocenters. The zero-order valence-corrected chi connectivity index (χ0v) is 16.1. The van der Waals surface area contributed by atoms with Crippen LogP contribution in [0.4, 0.5) is 0 Å². The Balaban J connectivity index is 2.25. The Kier molecular flexibility index (Phi) is 5.85. The van der Waals surface area contributed by atoms with E-state index < -0.39 is 0 Å². The predicted octanol–water partition coefficient (Wildman–Crippen LogP) is 2.27. The molecule has 0 aliphatic heterocycles. The van der Waals surface area contributed by atoms with E-state index >= 15 is 0 Å². The van der Waals surface area contributed by atoms with E-state index in [0.717, 1.165) is 29.6 Å². The molecule has 2 heterocycles. The first kappa shape index (κ1) is 19.0. The van der Waals surface area contributed by atoms with Crippen molar-refractivity contribution in [1.29, 1.82) is 0 Å². The number of aromatic nitrogens is 5. The first-order chi connectivity index (χ1) is 13.1. The Morgan fingerprint density at radius 3 is 2.70 bits per heavy atom. The molecule has 2 aromatic heterocycles. The van der Waals surface area contributed by atoms with E-state index in [-0.39, 0.29) is 12.1 Å². The minimum absolute atomic E-state index is 0.0507. The van der Waals surface area contributed by atoms with Gasteiger partial charge in [-0.15, -0.1) is 5.10 Å². The highest BCUT2D eigenvalue weighted by molar-refractivity contribution is 5.90. The Labute approximate surface area is 157 Å². The highest BCUT2D eigenvalue weighted by Crippen LogP contribution is 2.30. The van der Waals surface area contributed by atoms with Gasteiger partial charge >= 0.3 is 0 Å². The number of hydrogen-bond acceptors (Lipinski definition) is 6. The van der Waals surface area contributed by atoms with Crippen LogP contribution < -0.4 is 16.0 Å². The molecular weight excluding hydrogens is 344 g/mol. The van der Waals surface area contributed by atoms with Gasteiger partial charge in [0.05, 0.1) is 23.4 Å². The predicted molar refractivity (Wildman–Crippen MR) is 104 cm³/mol. The van der Waals surface area contributed by atoms with Crippen molar-refractivity contribution in [3.8, 4) is 11.4 Å². The molecule has 1 aromatic carbocycles. The van der Waals surface area contributed by atoms with Crippen LogP contribution in [0.5, 0.6) is 5.75 Å². The summed E-state index contributed by atoms with van der Waals surface area (Å²) < 4.78 is 9.44. The van der Waals surface area contributed by atoms with Gasteiger partial charge in [0.2, 0.25) is 0 Å². The summed E-state index contributed by atoms with van der Waals surface area (Å²) in [4.78, 5) is 13.1. The zero-order chi connectivity index (χ0) is 19.4. The number of nitrogens with zero attached hydrogens (tertiary/aromatic N) is 5. The standard InChI is InChI=1S/C19H26N6O2/c1-4-5-8-27-18-16-9-14(25-12-21-22-23-25)6-7-15(16)19(26)24(11-13(2)3)17(18)10-20/h6-7,9,12-13H,4-5,8,10-11,20H2,1-3H3. The van der Waals surface area contributed by atoms with Crippen LogP contribution in [0.3, 0.4) is 0 Å². The number of benzene rings is 1. The molecule has 0 fully saturated rings. The van der Waals surface area contributed by atoms with E-state index in [1.165, 1.54) is 6.33 Å². The largest absolute Gasteiger partial charge is 0.491 e. The monoisotopic (exact) mass is 370 g/mol. The van der Waals surface area contributed by atoms with Gasteiger partial charge in [0.25, 0.3) is 5.56 Å². The number of nitrogens with two attached hydrogens (primary N) is 1. The van der Waals surface area contributed by atoms with Crippen molar-refractivity contribution in [3.05, 3.63) is 40.6 Å². The maximum atomic E-state index is 13.1. The van der Waals surface area contributed by atoms with Gasteiger partial charge in [-0.2, -0.15) is 0 Å². The topological polar surface area (TPSA) is 101 Å². The van der Waals surface area contributed by atoms with Crippen LogP contribution in [-0.2, 0) is 13.1 Å². The number of tetrazole rings is 1. The van der Waals surface area contributed by atoms with Gasteiger partial charge in [-0.25, -0.2) is 4.68 Å². The fraction of sp³-hybridized carbons (Fsp3) is 0.474. The lowest BCUT2D eigenvalue weighted by Crippen LogP contribution is -2.28. The molecular formula is C19H26N6O2. The molecule has 0 bridgehead atoms. The molecule has 144 valence electrons. The van der Waals surface area contributed by atoms with E-state index in [9.17, 15) is 4.79 Å². The summed E-state index contributed by atoms with van der Waals surface area (Å²) in [5, 5.41) is 12.6. The lowest BCUT2D eigenvalue weighted by Gasteiger charge is -2.20. The lowest BCUT2D eigenvalue weighted by atomic mass is 10.1. The van der Waals surface area contributed by atoms with Crippen LogP contribution in [0.1, 0.15) is 39.3 Å². The van der Waals surface area contributed by atoms with Gasteiger partial charge in [0.1, 0.15) is 12.1 Å². The van der Waals surface area contributed by atoms with Crippen molar-refractivity contribution in [2.24, 2.45) is 11.7 Å². The van der Waals surface area contributed by atoms with Crippen LogP contribution in [0.25, 0.3) is 16.5 Å². The minimum atomic E-state index is -0.0507. The average Bonchev–Trinajstić information content (AvgIpc) is 3.19. The van der Waals surface area contributed by atoms with Crippen LogP contribution in [0.15, 0.2) is 29.3 Å². The second-order valence-electron chi connectivity index (χ2n) is 6.98. The van der Waals surface area contributed by atoms with Gasteiger partial charge in [-0.1, -0.05) is 27.2 Å². The maximum Gasteiger partial charge on any atom is 0.258 e. The molecule has 27 heavy (non-hydrogen) atoms. The van der Waals surface area contributed by atoms with Crippen molar-refractivity contribution in [3.63, 3.8) is 0 Å². The summed E-state index contributed by atoms with van der Waals surface area (Å²) in [5.74, 6) is 0.991. The van der Waals surface area contributed by atoms with Crippen LogP contribution >= 0.6 is 0 Å². The quantitative estimate of drug-likeness (QED) is 0.611. The Bertz CT molecular complexity index is 962. The molecule has 2 N–H and O–H groups in total. The van der Waals surface area contributed by atoms with Gasteiger partial charge in [-0.05, 0) is 41.0 Å². The highest BCUT2D eigenvalue weighted by atomic mass is 16.5. The number of hydrogen-bond donors (Lipinski definition) is 1. The second-order valence-corrected chi connectivity index (χ2v) is 6.98. The van der Waals surface area contributed by atoms with E-state index in [2.05, 4.69) is 36.3 Å². The zero-order valence-electron chi connectivity index (χ0n) is 16.1. The summed E-state index contributed by atoms with van der Waals surface area (Å²) >= 11 is 0. The number of unbranched alkanes of at least 4 members (excludes halogenated alkanes) is 1. The maximum absolute atomic E-state index is 13.1. The SMILES string of the molecule is CCCCOc1c(CN)n(CC(C)C)c(=O)c2ccc(-n3cnnn3)cc12. The summed E-state index contributed by atoms with van der Waals surface area (Å²) in [6, 6.07) is 5.52. The molecule has 0 aliphatic rings. The average molecular weight is 370 g/mol. The molecule has 0 radical (unpaired) electrons. The highest BCUT2D eigenvalue weighted by Gasteiger charge is 2.18. The Hall–Kier alpha value is -2.74. The van der Waals surface area contributed by atoms with Gasteiger partial charge in [0, 0.05) is 18.5 Å². The molecule has 8 nitrogen and oxygen atoms in total. The molecule has 8 heteroatoms. The van der Waals surface area contributed by atoms with Crippen molar-refractivity contribution < 1.29 is 4.74 Å². The fourth-order valence-electron chi connectivity index (χ4n) is 3.12. The fourth-order valence-corrected chi connectivity index (χ4v) is 3.12. The molecule has 0 unspecified atom stereocenters. The first-order valence-electron chi connectivity index (χ1n) is 9.32. The summed E-state index contributed by atoms with van der Waals surface area (Å²) in [5.41, 5.74) is 7.48. The van der Waals surface area contributed by atoms with Crippen molar-refractivity contribution in [2.45, 2.75) is 46.7 Å². The molecule has 0 spiro atoms. The molecule has 0 amide bonds. The van der Waals surface area contributed by atoms with Crippen LogP contribution in [-0.4, -0.2) is 31.4 Å². The Morgan fingerprint density at radius 2 is 2.07 bits per heavy atom. The molecule has 0 aliphatic carbocycles. The Morgan fingerprint density at radius 1 is 1.26 bits per heavy atom. The lowest BCUT2D eigenvalue weighted by molar-refractivity contribution is 0.304. The van der Waals surface area contributed by atoms with Crippen LogP contribution in [0.2, 0.25) is 0 Å². The van der Waals surface area contributed by atoms with Crippen molar-refractivity contribution in [1.82, 2.24) is 24.8 Å². The van der Waals surface area contributed by atoms with Crippen LogP contribution in [0, 0.1) is 5.92 Å². The van der Waals surface area contributed by atoms with E-state index in [1.807, 2.05) is 12.1 Å². The smallest absolute Gasteiger partial charge is 0.258 e. The third-order valence-electron chi connectivity index (χ3n) is 4.41. The third kappa shape index (κ3) is 3.85. The second kappa shape index (κ2) is 8.30. The molecule has 0 saturated heterocycles. The summed E-state index contributed by atoms with van der Waals surface area (Å²) in [6.07, 6.45) is 3.47. The van der Waals surface area contributed by atoms with E-state index in [0.29, 0.717) is 30.2 Å². The first-order valence-corrected chi connectivity index (χ1v) is 9.32. The minimum Gasteiger partial charge on any atom is -0.491 e. The van der Waals surface area contributed by atoms with Gasteiger partial charge in [-0.3, -0.25) is 4.79 Å². The van der Waals surface area contributed by atoms with E-state index in [4.69, 9.17) is 10.5 Å². The van der Waals surface area contributed by atoms with Crippen molar-refractivity contribution >= 4 is 10.8 Å². The summed E-state index contributed by atoms with van der Waals surface area (Å²) in [6.45, 7) is 7.67. The number of pyridine rings is 1. The van der Waals surface area contributed by atoms with Gasteiger partial charge < -0.3 is 15.0 Å². The number of rotatable bonds is 8. The molecule has 3 aromatic rings.